The predicted octanol–water partition coefficient (Wildman–Crippen LogP) is 1.73. The van der Waals surface area contributed by atoms with Crippen LogP contribution in [-0.2, 0) is 10.5 Å². The molecule has 0 fully saturated rings. The lowest BCUT2D eigenvalue weighted by Gasteiger charge is -2.01. The lowest BCUT2D eigenvalue weighted by molar-refractivity contribution is 0.423. The van der Waals surface area contributed by atoms with Gasteiger partial charge < -0.3 is 4.18 Å². The van der Waals surface area contributed by atoms with Crippen molar-refractivity contribution in [1.82, 2.24) is 0 Å². The minimum Gasteiger partial charge on any atom is -0.355 e. The maximum Gasteiger partial charge on any atom is 0.488 e. The molecule has 13 heavy (non-hydrogen) atoms. The summed E-state index contributed by atoms with van der Waals surface area (Å²) in [5.74, 6) is -1.56. The molecule has 0 aliphatic rings. The molecule has 0 N–H and O–H groups in total. The van der Waals surface area contributed by atoms with Crippen molar-refractivity contribution in [2.45, 2.75) is 6.92 Å². The number of hydrogen-bond acceptors (Lipinski definition) is 3. The molecule has 0 amide bonds. The minimum absolute atomic E-state index is 0.584. The molecular formula is C7H6F2O3S. The first-order chi connectivity index (χ1) is 5.88. The molecule has 1 aromatic carbocycles. The van der Waals surface area contributed by atoms with E-state index in [2.05, 4.69) is 4.18 Å². The summed E-state index contributed by atoms with van der Waals surface area (Å²) in [5, 5.41) is 0. The Labute approximate surface area is 74.4 Å². The summed E-state index contributed by atoms with van der Waals surface area (Å²) in [5.41, 5.74) is 0.584. The van der Waals surface area contributed by atoms with Crippen molar-refractivity contribution in [2.24, 2.45) is 0 Å². The molecule has 0 unspecified atom stereocenters. The number of aryl methyl sites for hydroxylation is 1. The van der Waals surface area contributed by atoms with Crippen molar-refractivity contribution in [3.05, 3.63) is 29.6 Å². The highest BCUT2D eigenvalue weighted by Gasteiger charge is 2.13. The van der Waals surface area contributed by atoms with E-state index in [-0.39, 0.29) is 0 Å². The van der Waals surface area contributed by atoms with Crippen molar-refractivity contribution >= 4 is 10.5 Å². The number of halogens is 2. The van der Waals surface area contributed by atoms with Crippen LogP contribution in [0.3, 0.4) is 0 Å². The van der Waals surface area contributed by atoms with Gasteiger partial charge in [0.25, 0.3) is 0 Å². The second-order valence-electron chi connectivity index (χ2n) is 2.41. The summed E-state index contributed by atoms with van der Waals surface area (Å²) in [6.07, 6.45) is 0. The molecule has 72 valence electrons. The Morgan fingerprint density at radius 3 is 2.46 bits per heavy atom. The Balaban J connectivity index is 3.04. The highest BCUT2D eigenvalue weighted by Crippen LogP contribution is 2.19. The molecule has 0 saturated heterocycles. The van der Waals surface area contributed by atoms with Crippen LogP contribution in [0.5, 0.6) is 5.75 Å². The first-order valence-corrected chi connectivity index (χ1v) is 4.59. The van der Waals surface area contributed by atoms with Crippen LogP contribution in [0.2, 0.25) is 0 Å². The van der Waals surface area contributed by atoms with E-state index in [9.17, 15) is 16.7 Å². The number of benzene rings is 1. The molecule has 6 heteroatoms. The van der Waals surface area contributed by atoms with E-state index in [4.69, 9.17) is 0 Å². The molecule has 1 rings (SSSR count). The summed E-state index contributed by atoms with van der Waals surface area (Å²) in [6.45, 7) is 1.61. The van der Waals surface area contributed by atoms with Crippen molar-refractivity contribution < 1.29 is 20.9 Å². The summed E-state index contributed by atoms with van der Waals surface area (Å²) in [4.78, 5) is 0. The van der Waals surface area contributed by atoms with Crippen LogP contribution in [0.25, 0.3) is 0 Å². The van der Waals surface area contributed by atoms with Gasteiger partial charge in [-0.2, -0.15) is 8.42 Å². The molecule has 3 nitrogen and oxygen atoms in total. The summed E-state index contributed by atoms with van der Waals surface area (Å²) >= 11 is 0. The molecule has 0 heterocycles. The fraction of sp³-hybridized carbons (Fsp3) is 0.143. The van der Waals surface area contributed by atoms with Crippen LogP contribution in [0.4, 0.5) is 8.28 Å². The largest absolute Gasteiger partial charge is 0.488 e. The molecule has 0 spiro atoms. The van der Waals surface area contributed by atoms with E-state index in [0.29, 0.717) is 5.56 Å². The zero-order valence-electron chi connectivity index (χ0n) is 6.62. The van der Waals surface area contributed by atoms with Crippen LogP contribution >= 0.6 is 0 Å². The lowest BCUT2D eigenvalue weighted by Crippen LogP contribution is -2.02. The molecular weight excluding hydrogens is 202 g/mol. The number of hydrogen-bond donors (Lipinski definition) is 0. The van der Waals surface area contributed by atoms with Gasteiger partial charge in [0.05, 0.1) is 0 Å². The van der Waals surface area contributed by atoms with Gasteiger partial charge in [0.1, 0.15) is 0 Å². The molecule has 0 atom stereocenters. The normalized spacial score (nSPS) is 11.3. The van der Waals surface area contributed by atoms with E-state index in [1.165, 1.54) is 6.07 Å². The van der Waals surface area contributed by atoms with E-state index >= 15 is 0 Å². The Morgan fingerprint density at radius 2 is 2.00 bits per heavy atom. The molecule has 0 saturated carbocycles. The minimum atomic E-state index is -5.15. The van der Waals surface area contributed by atoms with Crippen LogP contribution < -0.4 is 4.18 Å². The fourth-order valence-electron chi connectivity index (χ4n) is 0.781. The van der Waals surface area contributed by atoms with Crippen LogP contribution in [-0.4, -0.2) is 8.42 Å². The fourth-order valence-corrected chi connectivity index (χ4v) is 1.13. The lowest BCUT2D eigenvalue weighted by atomic mass is 10.2. The summed E-state index contributed by atoms with van der Waals surface area (Å²) in [6, 6.07) is 3.49. The third-order valence-electron chi connectivity index (χ3n) is 1.28. The smallest absolute Gasteiger partial charge is 0.355 e. The zero-order chi connectivity index (χ0) is 10.1. The van der Waals surface area contributed by atoms with Gasteiger partial charge in [-0.05, 0) is 24.6 Å². The third-order valence-corrected chi connectivity index (χ3v) is 1.66. The van der Waals surface area contributed by atoms with Crippen LogP contribution in [0.1, 0.15) is 5.56 Å². The quantitative estimate of drug-likeness (QED) is 0.695. The second-order valence-corrected chi connectivity index (χ2v) is 3.36. The van der Waals surface area contributed by atoms with E-state index in [1.54, 1.807) is 6.92 Å². The standard InChI is InChI=1S/C7H6F2O3S/c1-5-2-3-7(6(8)4-5)12-13(9,10)11/h2-4H,1H3. The number of rotatable bonds is 2. The van der Waals surface area contributed by atoms with Gasteiger partial charge in [0, 0.05) is 0 Å². The Hall–Kier alpha value is -1.17. The van der Waals surface area contributed by atoms with Gasteiger partial charge >= 0.3 is 10.5 Å². The van der Waals surface area contributed by atoms with Crippen molar-refractivity contribution in [3.63, 3.8) is 0 Å². The van der Waals surface area contributed by atoms with Gasteiger partial charge in [-0.3, -0.25) is 0 Å². The summed E-state index contributed by atoms with van der Waals surface area (Å²) < 4.78 is 48.4. The van der Waals surface area contributed by atoms with Gasteiger partial charge in [0.15, 0.2) is 11.6 Å². The first-order valence-electron chi connectivity index (χ1n) is 3.29. The zero-order valence-corrected chi connectivity index (χ0v) is 7.44. The summed E-state index contributed by atoms with van der Waals surface area (Å²) in [7, 11) is -5.15. The Bertz CT molecular complexity index is 414. The predicted molar refractivity (Wildman–Crippen MR) is 41.8 cm³/mol. The molecule has 0 radical (unpaired) electrons. The average molecular weight is 208 g/mol. The van der Waals surface area contributed by atoms with Crippen molar-refractivity contribution in [2.75, 3.05) is 0 Å². The van der Waals surface area contributed by atoms with Gasteiger partial charge in [-0.15, -0.1) is 0 Å². The van der Waals surface area contributed by atoms with Crippen LogP contribution in [0, 0.1) is 12.7 Å². The molecule has 0 bridgehead atoms. The van der Waals surface area contributed by atoms with Crippen molar-refractivity contribution in [1.29, 1.82) is 0 Å². The highest BCUT2D eigenvalue weighted by atomic mass is 32.3. The van der Waals surface area contributed by atoms with Gasteiger partial charge in [0.2, 0.25) is 0 Å². The molecule has 1 aromatic rings. The third kappa shape index (κ3) is 2.98. The molecule has 0 aromatic heterocycles. The SMILES string of the molecule is Cc1ccc(OS(=O)(=O)F)c(F)c1. The maximum atomic E-state index is 12.8. The Morgan fingerprint density at radius 1 is 1.38 bits per heavy atom. The van der Waals surface area contributed by atoms with E-state index < -0.39 is 22.1 Å². The van der Waals surface area contributed by atoms with Gasteiger partial charge in [-0.1, -0.05) is 9.95 Å². The first kappa shape index (κ1) is 9.91. The average Bonchev–Trinajstić information content (AvgIpc) is 1.93. The van der Waals surface area contributed by atoms with Crippen molar-refractivity contribution in [3.8, 4) is 5.75 Å². The second kappa shape index (κ2) is 3.29. The molecule has 0 aliphatic carbocycles. The Kier molecular flexibility index (Phi) is 2.51. The van der Waals surface area contributed by atoms with Crippen LogP contribution in [0.15, 0.2) is 18.2 Å². The monoisotopic (exact) mass is 208 g/mol. The topological polar surface area (TPSA) is 43.4 Å². The molecule has 0 aliphatic heterocycles. The highest BCUT2D eigenvalue weighted by molar-refractivity contribution is 7.81. The van der Waals surface area contributed by atoms with Gasteiger partial charge in [-0.25, -0.2) is 4.39 Å². The van der Waals surface area contributed by atoms with E-state index in [0.717, 1.165) is 12.1 Å². The maximum absolute atomic E-state index is 12.8. The van der Waals surface area contributed by atoms with E-state index in [1.807, 2.05) is 0 Å².